The second-order valence-electron chi connectivity index (χ2n) is 6.78. The Morgan fingerprint density at radius 1 is 1.33 bits per heavy atom. The van der Waals surface area contributed by atoms with Crippen molar-refractivity contribution < 1.29 is 14.5 Å². The number of piperidine rings is 1. The van der Waals surface area contributed by atoms with Crippen LogP contribution in [0, 0.1) is 16.0 Å². The van der Waals surface area contributed by atoms with Gasteiger partial charge in [-0.2, -0.15) is 0 Å². The lowest BCUT2D eigenvalue weighted by molar-refractivity contribution is -0.384. The third-order valence-electron chi connectivity index (χ3n) is 4.48. The first kappa shape index (κ1) is 23.1. The molecular weight excluding hydrogens is 395 g/mol. The van der Waals surface area contributed by atoms with Crippen LogP contribution in [0.1, 0.15) is 37.0 Å². The van der Waals surface area contributed by atoms with Crippen molar-refractivity contribution in [2.24, 2.45) is 11.7 Å². The molecule has 2 amide bonds. The predicted octanol–water partition coefficient (Wildman–Crippen LogP) is 2.37. The van der Waals surface area contributed by atoms with Gasteiger partial charge in [-0.15, -0.1) is 12.4 Å². The number of hydrogen-bond donors (Lipinski definition) is 2. The van der Waals surface area contributed by atoms with Gasteiger partial charge in [0.1, 0.15) is 6.04 Å². The minimum absolute atomic E-state index is 0. The zero-order chi connectivity index (χ0) is 19.4. The molecule has 1 fully saturated rings. The van der Waals surface area contributed by atoms with E-state index in [2.05, 4.69) is 5.32 Å². The highest BCUT2D eigenvalue weighted by Crippen LogP contribution is 2.23. The first-order chi connectivity index (χ1) is 12.2. The Balaban J connectivity index is 0.00000364. The Kier molecular flexibility index (Phi) is 8.46. The van der Waals surface area contributed by atoms with E-state index >= 15 is 0 Å². The van der Waals surface area contributed by atoms with Crippen molar-refractivity contribution in [3.8, 4) is 0 Å². The van der Waals surface area contributed by atoms with Gasteiger partial charge < -0.3 is 16.0 Å². The first-order valence-electron chi connectivity index (χ1n) is 8.50. The molecule has 27 heavy (non-hydrogen) atoms. The molecule has 1 saturated heterocycles. The lowest BCUT2D eigenvalue weighted by Gasteiger charge is -2.34. The third-order valence-corrected chi connectivity index (χ3v) is 4.79. The van der Waals surface area contributed by atoms with E-state index in [1.165, 1.54) is 12.1 Å². The minimum atomic E-state index is -0.705. The topological polar surface area (TPSA) is 119 Å². The molecule has 0 aliphatic carbocycles. The van der Waals surface area contributed by atoms with Gasteiger partial charge in [0, 0.05) is 31.3 Å². The summed E-state index contributed by atoms with van der Waals surface area (Å²) in [7, 11) is 0. The molecule has 1 atom stereocenters. The van der Waals surface area contributed by atoms with Gasteiger partial charge in [0.2, 0.25) is 5.91 Å². The summed E-state index contributed by atoms with van der Waals surface area (Å²) < 4.78 is 0. The maximum Gasteiger partial charge on any atom is 0.270 e. The lowest BCUT2D eigenvalue weighted by Crippen LogP contribution is -2.54. The number of likely N-dealkylation sites (tertiary alicyclic amines) is 1. The van der Waals surface area contributed by atoms with Crippen molar-refractivity contribution >= 4 is 41.5 Å². The maximum atomic E-state index is 12.8. The highest BCUT2D eigenvalue weighted by Gasteiger charge is 2.31. The number of carbonyl (C=O) groups is 2. The van der Waals surface area contributed by atoms with Gasteiger partial charge in [0.25, 0.3) is 11.6 Å². The number of non-ortho nitro benzene ring substituents is 1. The number of nitro benzene ring substituents is 1. The van der Waals surface area contributed by atoms with E-state index in [1.807, 2.05) is 13.8 Å². The van der Waals surface area contributed by atoms with Crippen molar-refractivity contribution in [1.82, 2.24) is 10.2 Å². The molecule has 1 unspecified atom stereocenters. The number of benzene rings is 1. The van der Waals surface area contributed by atoms with E-state index in [1.54, 1.807) is 4.90 Å². The fourth-order valence-corrected chi connectivity index (χ4v) is 3.11. The minimum Gasteiger partial charge on any atom is -0.341 e. The second kappa shape index (κ2) is 9.87. The largest absolute Gasteiger partial charge is 0.341 e. The van der Waals surface area contributed by atoms with Crippen LogP contribution in [-0.4, -0.2) is 46.8 Å². The molecule has 1 aliphatic rings. The molecule has 0 bridgehead atoms. The van der Waals surface area contributed by atoms with Gasteiger partial charge in [-0.05, 0) is 24.8 Å². The van der Waals surface area contributed by atoms with Gasteiger partial charge >= 0.3 is 0 Å². The average molecular weight is 419 g/mol. The summed E-state index contributed by atoms with van der Waals surface area (Å²) in [5, 5.41) is 13.5. The van der Waals surface area contributed by atoms with Crippen LogP contribution in [0.3, 0.4) is 0 Å². The van der Waals surface area contributed by atoms with Crippen molar-refractivity contribution in [2.75, 3.05) is 13.1 Å². The van der Waals surface area contributed by atoms with Crippen LogP contribution in [0.5, 0.6) is 0 Å². The molecule has 2 rings (SSSR count). The maximum absolute atomic E-state index is 12.8. The van der Waals surface area contributed by atoms with Crippen LogP contribution in [0.25, 0.3) is 0 Å². The number of carbonyl (C=O) groups excluding carboxylic acids is 2. The summed E-state index contributed by atoms with van der Waals surface area (Å²) in [6, 6.07) is 3.01. The van der Waals surface area contributed by atoms with E-state index in [9.17, 15) is 19.7 Å². The summed E-state index contributed by atoms with van der Waals surface area (Å²) in [5.41, 5.74) is 5.76. The smallest absolute Gasteiger partial charge is 0.270 e. The number of rotatable bonds is 5. The molecule has 10 heteroatoms. The van der Waals surface area contributed by atoms with Crippen molar-refractivity contribution in [1.29, 1.82) is 0 Å². The van der Waals surface area contributed by atoms with E-state index in [0.717, 1.165) is 18.9 Å². The summed E-state index contributed by atoms with van der Waals surface area (Å²) in [6.07, 6.45) is 1.47. The molecular formula is C17H24Cl2N4O4. The fourth-order valence-electron chi connectivity index (χ4n) is 2.85. The molecule has 1 aromatic rings. The lowest BCUT2D eigenvalue weighted by atomic mass is 9.99. The van der Waals surface area contributed by atoms with Crippen LogP contribution in [-0.2, 0) is 4.79 Å². The predicted molar refractivity (Wildman–Crippen MR) is 105 cm³/mol. The molecule has 8 nitrogen and oxygen atoms in total. The van der Waals surface area contributed by atoms with Crippen molar-refractivity contribution in [3.05, 3.63) is 38.9 Å². The summed E-state index contributed by atoms with van der Waals surface area (Å²) in [4.78, 5) is 37.2. The Labute approximate surface area is 169 Å². The average Bonchev–Trinajstić information content (AvgIpc) is 2.59. The van der Waals surface area contributed by atoms with Crippen LogP contribution < -0.4 is 11.1 Å². The molecule has 0 spiro atoms. The quantitative estimate of drug-likeness (QED) is 0.561. The summed E-state index contributed by atoms with van der Waals surface area (Å²) >= 11 is 6.00. The Bertz CT molecular complexity index is 706. The van der Waals surface area contributed by atoms with Crippen molar-refractivity contribution in [3.63, 3.8) is 0 Å². The molecule has 150 valence electrons. The highest BCUT2D eigenvalue weighted by molar-refractivity contribution is 6.34. The molecule has 1 aliphatic heterocycles. The zero-order valence-electron chi connectivity index (χ0n) is 15.2. The summed E-state index contributed by atoms with van der Waals surface area (Å²) in [6.45, 7) is 4.82. The van der Waals surface area contributed by atoms with Crippen LogP contribution in [0.4, 0.5) is 5.69 Å². The molecule has 0 saturated carbocycles. The number of nitro groups is 1. The number of hydrogen-bond acceptors (Lipinski definition) is 5. The molecule has 1 heterocycles. The SMILES string of the molecule is CC(C)C(NC(=O)c1ccc([N+](=O)[O-])cc1Cl)C(=O)N1CCC(N)CC1.Cl. The van der Waals surface area contributed by atoms with E-state index in [-0.39, 0.29) is 46.5 Å². The number of nitrogens with one attached hydrogen (secondary N) is 1. The van der Waals surface area contributed by atoms with Gasteiger partial charge in [-0.25, -0.2) is 0 Å². The van der Waals surface area contributed by atoms with Crippen LogP contribution >= 0.6 is 24.0 Å². The van der Waals surface area contributed by atoms with Gasteiger partial charge in [0.15, 0.2) is 0 Å². The monoisotopic (exact) mass is 418 g/mol. The van der Waals surface area contributed by atoms with Crippen LogP contribution in [0.2, 0.25) is 5.02 Å². The van der Waals surface area contributed by atoms with Crippen molar-refractivity contribution in [2.45, 2.75) is 38.8 Å². The zero-order valence-corrected chi connectivity index (χ0v) is 16.8. The molecule has 3 N–H and O–H groups in total. The fraction of sp³-hybridized carbons (Fsp3) is 0.529. The highest BCUT2D eigenvalue weighted by atomic mass is 35.5. The van der Waals surface area contributed by atoms with Crippen LogP contribution in [0.15, 0.2) is 18.2 Å². The number of halogens is 2. The van der Waals surface area contributed by atoms with Gasteiger partial charge in [0.05, 0.1) is 15.5 Å². The summed E-state index contributed by atoms with van der Waals surface area (Å²) in [5.74, 6) is -0.817. The van der Waals surface area contributed by atoms with E-state index in [4.69, 9.17) is 17.3 Å². The number of amides is 2. The molecule has 0 aromatic heterocycles. The Morgan fingerprint density at radius 2 is 1.93 bits per heavy atom. The molecule has 1 aromatic carbocycles. The van der Waals surface area contributed by atoms with E-state index < -0.39 is 16.9 Å². The number of nitrogens with zero attached hydrogens (tertiary/aromatic N) is 2. The standard InChI is InChI=1S/C17H23ClN4O4.ClH/c1-10(2)15(17(24)21-7-5-11(19)6-8-21)20-16(23)13-4-3-12(22(25)26)9-14(13)18;/h3-4,9-11,15H,5-8,19H2,1-2H3,(H,20,23);1H. The first-order valence-corrected chi connectivity index (χ1v) is 8.87. The van der Waals surface area contributed by atoms with Gasteiger partial charge in [-0.3, -0.25) is 19.7 Å². The third kappa shape index (κ3) is 5.79. The second-order valence-corrected chi connectivity index (χ2v) is 7.19. The number of nitrogens with two attached hydrogens (primary N) is 1. The van der Waals surface area contributed by atoms with E-state index in [0.29, 0.717) is 13.1 Å². The van der Waals surface area contributed by atoms with Gasteiger partial charge in [-0.1, -0.05) is 25.4 Å². The molecule has 0 radical (unpaired) electrons. The normalized spacial score (nSPS) is 15.8. The Hall–Kier alpha value is -1.90. The Morgan fingerprint density at radius 3 is 2.41 bits per heavy atom.